The fourth-order valence-electron chi connectivity index (χ4n) is 2.44. The van der Waals surface area contributed by atoms with Crippen LogP contribution < -0.4 is 10.2 Å². The van der Waals surface area contributed by atoms with Gasteiger partial charge in [0.25, 0.3) is 0 Å². The second-order valence-corrected chi connectivity index (χ2v) is 5.73. The fraction of sp³-hybridized carbons (Fsp3) is 0.588. The number of hydrogen-bond donors (Lipinski definition) is 2. The van der Waals surface area contributed by atoms with Gasteiger partial charge in [-0.2, -0.15) is 0 Å². The Morgan fingerprint density at radius 3 is 2.88 bits per heavy atom. The van der Waals surface area contributed by atoms with Crippen LogP contribution in [0.1, 0.15) is 19.8 Å². The predicted octanol–water partition coefficient (Wildman–Crippen LogP) is 1.78. The summed E-state index contributed by atoms with van der Waals surface area (Å²) in [6, 6.07) is 4.89. The van der Waals surface area contributed by atoms with Gasteiger partial charge in [0.1, 0.15) is 18.5 Å². The molecule has 0 spiro atoms. The van der Waals surface area contributed by atoms with Crippen molar-refractivity contribution in [2.75, 3.05) is 49.7 Å². The largest absolute Gasteiger partial charge is 0.463 e. The highest BCUT2D eigenvalue weighted by Gasteiger charge is 2.15. The molecule has 1 saturated heterocycles. The summed E-state index contributed by atoms with van der Waals surface area (Å²) in [5, 5.41) is 12.7. The van der Waals surface area contributed by atoms with E-state index in [9.17, 15) is 14.3 Å². The Kier molecular flexibility index (Phi) is 7.27. The monoisotopic (exact) mass is 340 g/mol. The van der Waals surface area contributed by atoms with Crippen molar-refractivity contribution in [3.8, 4) is 0 Å². The summed E-state index contributed by atoms with van der Waals surface area (Å²) in [5.74, 6) is -0.636. The van der Waals surface area contributed by atoms with E-state index >= 15 is 0 Å². The van der Waals surface area contributed by atoms with Gasteiger partial charge in [-0.1, -0.05) is 6.92 Å². The number of anilines is 2. The van der Waals surface area contributed by atoms with Crippen molar-refractivity contribution in [2.45, 2.75) is 25.9 Å². The quantitative estimate of drug-likeness (QED) is 0.703. The summed E-state index contributed by atoms with van der Waals surface area (Å²) in [6.45, 7) is 4.53. The molecule has 1 heterocycles. The van der Waals surface area contributed by atoms with Crippen LogP contribution in [-0.2, 0) is 14.3 Å². The third-order valence-electron chi connectivity index (χ3n) is 3.73. The molecule has 0 saturated carbocycles. The van der Waals surface area contributed by atoms with Crippen molar-refractivity contribution in [2.24, 2.45) is 0 Å². The molecule has 7 heteroatoms. The van der Waals surface area contributed by atoms with E-state index in [2.05, 4.69) is 5.32 Å². The van der Waals surface area contributed by atoms with Gasteiger partial charge in [-0.3, -0.25) is 4.79 Å². The molecule has 6 nitrogen and oxygen atoms in total. The number of halogens is 1. The minimum atomic E-state index is -0.840. The number of aliphatic hydroxyl groups is 1. The number of carbonyl (C=O) groups excluding carboxylic acids is 1. The van der Waals surface area contributed by atoms with E-state index in [1.165, 1.54) is 6.07 Å². The van der Waals surface area contributed by atoms with E-state index in [1.807, 2.05) is 11.8 Å². The Morgan fingerprint density at radius 2 is 2.21 bits per heavy atom. The highest BCUT2D eigenvalue weighted by molar-refractivity contribution is 5.69. The molecular weight excluding hydrogens is 315 g/mol. The number of esters is 1. The highest BCUT2D eigenvalue weighted by Crippen LogP contribution is 2.23. The molecule has 2 rings (SSSR count). The average molecular weight is 340 g/mol. The Labute approximate surface area is 141 Å². The third kappa shape index (κ3) is 5.65. The highest BCUT2D eigenvalue weighted by atomic mass is 19.1. The number of hydrogen-bond acceptors (Lipinski definition) is 6. The number of rotatable bonds is 8. The smallest absolute Gasteiger partial charge is 0.305 e. The molecule has 0 unspecified atom stereocenters. The lowest BCUT2D eigenvalue weighted by Crippen LogP contribution is -2.36. The topological polar surface area (TPSA) is 71.0 Å². The summed E-state index contributed by atoms with van der Waals surface area (Å²) in [5.41, 5.74) is 1.13. The van der Waals surface area contributed by atoms with Crippen molar-refractivity contribution < 1.29 is 23.8 Å². The van der Waals surface area contributed by atoms with Crippen LogP contribution in [-0.4, -0.2) is 56.6 Å². The standard InChI is InChI=1S/C17H25FN2O4/c1-2-3-17(22)24-12-14(21)11-19-13-4-5-16(15(18)10-13)20-6-8-23-9-7-20/h4-5,10,14,19,21H,2-3,6-9,11-12H2,1H3/t14-/m0/s1. The molecule has 1 fully saturated rings. The summed E-state index contributed by atoms with van der Waals surface area (Å²) in [6.07, 6.45) is 0.212. The van der Waals surface area contributed by atoms with Crippen molar-refractivity contribution in [1.29, 1.82) is 0 Å². The van der Waals surface area contributed by atoms with E-state index in [1.54, 1.807) is 12.1 Å². The van der Waals surface area contributed by atoms with Gasteiger partial charge < -0.3 is 24.8 Å². The van der Waals surface area contributed by atoms with Crippen LogP contribution in [0.15, 0.2) is 18.2 Å². The number of morpholine rings is 1. The zero-order chi connectivity index (χ0) is 17.4. The number of nitrogens with one attached hydrogen (secondary N) is 1. The maximum Gasteiger partial charge on any atom is 0.305 e. The van der Waals surface area contributed by atoms with Crippen LogP contribution in [0.25, 0.3) is 0 Å². The fourth-order valence-corrected chi connectivity index (χ4v) is 2.44. The molecule has 134 valence electrons. The molecule has 1 aromatic carbocycles. The molecule has 24 heavy (non-hydrogen) atoms. The zero-order valence-corrected chi connectivity index (χ0v) is 14.0. The first-order valence-electron chi connectivity index (χ1n) is 8.30. The molecule has 0 bridgehead atoms. The van der Waals surface area contributed by atoms with Crippen LogP contribution >= 0.6 is 0 Å². The lowest BCUT2D eigenvalue weighted by molar-refractivity contribution is -0.146. The Morgan fingerprint density at radius 1 is 1.46 bits per heavy atom. The number of nitrogens with zero attached hydrogens (tertiary/aromatic N) is 1. The molecule has 1 aliphatic heterocycles. The number of aliphatic hydroxyl groups excluding tert-OH is 1. The van der Waals surface area contributed by atoms with Crippen LogP contribution in [0.3, 0.4) is 0 Å². The van der Waals surface area contributed by atoms with E-state index in [4.69, 9.17) is 9.47 Å². The molecule has 0 aromatic heterocycles. The number of benzene rings is 1. The summed E-state index contributed by atoms with van der Waals surface area (Å²) in [7, 11) is 0. The molecule has 2 N–H and O–H groups in total. The van der Waals surface area contributed by atoms with Crippen molar-refractivity contribution >= 4 is 17.3 Å². The first-order valence-corrected chi connectivity index (χ1v) is 8.30. The van der Waals surface area contributed by atoms with Crippen LogP contribution in [0.5, 0.6) is 0 Å². The molecular formula is C17H25FN2O4. The zero-order valence-electron chi connectivity index (χ0n) is 14.0. The van der Waals surface area contributed by atoms with Gasteiger partial charge >= 0.3 is 5.97 Å². The van der Waals surface area contributed by atoms with E-state index in [0.717, 1.165) is 0 Å². The SMILES string of the molecule is CCCC(=O)OC[C@@H](O)CNc1ccc(N2CCOCC2)c(F)c1. The summed E-state index contributed by atoms with van der Waals surface area (Å²) in [4.78, 5) is 13.2. The maximum absolute atomic E-state index is 14.2. The van der Waals surface area contributed by atoms with Gasteiger partial charge in [-0.25, -0.2) is 4.39 Å². The van der Waals surface area contributed by atoms with Gasteiger partial charge in [0.2, 0.25) is 0 Å². The minimum absolute atomic E-state index is 0.0693. The van der Waals surface area contributed by atoms with Gasteiger partial charge in [0, 0.05) is 31.7 Å². The number of carbonyl (C=O) groups is 1. The summed E-state index contributed by atoms with van der Waals surface area (Å²) >= 11 is 0. The molecule has 1 aromatic rings. The first-order chi connectivity index (χ1) is 11.6. The second kappa shape index (κ2) is 9.44. The third-order valence-corrected chi connectivity index (χ3v) is 3.73. The maximum atomic E-state index is 14.2. The molecule has 1 atom stereocenters. The lowest BCUT2D eigenvalue weighted by atomic mass is 10.2. The van der Waals surface area contributed by atoms with E-state index in [0.29, 0.717) is 50.5 Å². The van der Waals surface area contributed by atoms with E-state index < -0.39 is 6.10 Å². The lowest BCUT2D eigenvalue weighted by Gasteiger charge is -2.29. The molecule has 0 radical (unpaired) electrons. The average Bonchev–Trinajstić information content (AvgIpc) is 2.59. The van der Waals surface area contributed by atoms with Crippen LogP contribution in [0.4, 0.5) is 15.8 Å². The second-order valence-electron chi connectivity index (χ2n) is 5.73. The van der Waals surface area contributed by atoms with Crippen LogP contribution in [0.2, 0.25) is 0 Å². The first kappa shape index (κ1) is 18.5. The van der Waals surface area contributed by atoms with Crippen molar-refractivity contribution in [3.05, 3.63) is 24.0 Å². The van der Waals surface area contributed by atoms with Gasteiger partial charge in [-0.15, -0.1) is 0 Å². The van der Waals surface area contributed by atoms with Crippen molar-refractivity contribution in [3.63, 3.8) is 0 Å². The summed E-state index contributed by atoms with van der Waals surface area (Å²) < 4.78 is 24.4. The van der Waals surface area contributed by atoms with Crippen molar-refractivity contribution in [1.82, 2.24) is 0 Å². The van der Waals surface area contributed by atoms with E-state index in [-0.39, 0.29) is 24.9 Å². The minimum Gasteiger partial charge on any atom is -0.463 e. The van der Waals surface area contributed by atoms with Crippen LogP contribution in [0, 0.1) is 5.82 Å². The Hall–Kier alpha value is -1.86. The predicted molar refractivity (Wildman–Crippen MR) is 89.8 cm³/mol. The number of ether oxygens (including phenoxy) is 2. The molecule has 0 aliphatic carbocycles. The molecule has 1 aliphatic rings. The Bertz CT molecular complexity index is 535. The normalized spacial score (nSPS) is 15.9. The van der Waals surface area contributed by atoms with Gasteiger partial charge in [0.05, 0.1) is 18.9 Å². The molecule has 0 amide bonds. The van der Waals surface area contributed by atoms with Gasteiger partial charge in [-0.05, 0) is 24.6 Å². The van der Waals surface area contributed by atoms with Gasteiger partial charge in [0.15, 0.2) is 0 Å². The Balaban J connectivity index is 1.80.